The Morgan fingerprint density at radius 3 is 2.69 bits per heavy atom. The molecule has 2 aromatic heterocycles. The average Bonchev–Trinajstić information content (AvgIpc) is 3.26. The van der Waals surface area contributed by atoms with Crippen LogP contribution in [0.15, 0.2) is 40.0 Å². The van der Waals surface area contributed by atoms with Crippen LogP contribution in [0, 0.1) is 12.8 Å². The highest BCUT2D eigenvalue weighted by atomic mass is 32.2. The molecular weight excluding hydrogens is 481 g/mol. The van der Waals surface area contributed by atoms with Crippen molar-refractivity contribution in [2.75, 3.05) is 6.67 Å². The molecule has 0 bridgehead atoms. The quantitative estimate of drug-likeness (QED) is 0.518. The Balaban J connectivity index is 1.53. The van der Waals surface area contributed by atoms with Gasteiger partial charge in [-0.25, -0.2) is 22.3 Å². The lowest BCUT2D eigenvalue weighted by molar-refractivity contribution is -0.458. The normalized spacial score (nSPS) is 21.4. The summed E-state index contributed by atoms with van der Waals surface area (Å²) >= 11 is 0. The molecule has 0 spiro atoms. The van der Waals surface area contributed by atoms with Gasteiger partial charge in [0.15, 0.2) is 6.54 Å². The number of halogens is 1. The second kappa shape index (κ2) is 8.30. The summed E-state index contributed by atoms with van der Waals surface area (Å²) in [7, 11) is -2.37. The van der Waals surface area contributed by atoms with E-state index < -0.39 is 40.1 Å². The van der Waals surface area contributed by atoms with Crippen molar-refractivity contribution in [1.29, 1.82) is 0 Å². The summed E-state index contributed by atoms with van der Waals surface area (Å²) in [5.41, 5.74) is -0.175. The Labute approximate surface area is 199 Å². The van der Waals surface area contributed by atoms with Gasteiger partial charge in [-0.05, 0) is 31.1 Å². The molecule has 0 radical (unpaired) electrons. The summed E-state index contributed by atoms with van der Waals surface area (Å²) in [6.45, 7) is 0.663. The van der Waals surface area contributed by atoms with E-state index in [2.05, 4.69) is 20.0 Å². The largest absolute Gasteiger partial charge is 0.501 e. The molecule has 1 unspecified atom stereocenters. The number of sulfonamides is 1. The Morgan fingerprint density at radius 1 is 1.31 bits per heavy atom. The molecule has 1 fully saturated rings. The topological polar surface area (TPSA) is 143 Å². The van der Waals surface area contributed by atoms with Crippen molar-refractivity contribution in [3.63, 3.8) is 0 Å². The molecule has 2 aliphatic carbocycles. The molecule has 1 saturated carbocycles. The minimum Gasteiger partial charge on any atom is -0.340 e. The number of alkyl halides is 1. The van der Waals surface area contributed by atoms with Crippen molar-refractivity contribution < 1.29 is 31.5 Å². The molecule has 3 heterocycles. The van der Waals surface area contributed by atoms with Gasteiger partial charge in [-0.1, -0.05) is 5.16 Å². The number of imide groups is 1. The van der Waals surface area contributed by atoms with Crippen molar-refractivity contribution in [1.82, 2.24) is 29.5 Å². The molecule has 3 aliphatic rings. The van der Waals surface area contributed by atoms with Crippen LogP contribution in [-0.4, -0.2) is 67.7 Å². The molecule has 3 amide bonds. The Hall–Kier alpha value is -3.52. The van der Waals surface area contributed by atoms with E-state index in [-0.39, 0.29) is 29.5 Å². The SMILES string of the molecule is Cc1nc(C[N+]2=C3C=CC(S(=O)(=O)NC4(CF)CC4)=CC3C(=O)N(Cc3cnn(C)c3)C2=O)no1. The molecule has 0 saturated heterocycles. The Morgan fingerprint density at radius 2 is 2.09 bits per heavy atom. The highest BCUT2D eigenvalue weighted by Gasteiger charge is 2.50. The van der Waals surface area contributed by atoms with Gasteiger partial charge in [0.05, 0.1) is 16.6 Å². The lowest BCUT2D eigenvalue weighted by atomic mass is 9.94. The zero-order valence-corrected chi connectivity index (χ0v) is 19.8. The van der Waals surface area contributed by atoms with Gasteiger partial charge in [-0.2, -0.15) is 24.4 Å². The maximum Gasteiger partial charge on any atom is 0.501 e. The van der Waals surface area contributed by atoms with E-state index in [1.165, 1.54) is 29.0 Å². The maximum atomic E-state index is 13.4. The number of aromatic nitrogens is 4. The lowest BCUT2D eigenvalue weighted by Gasteiger charge is -2.27. The van der Waals surface area contributed by atoms with E-state index in [0.717, 1.165) is 4.90 Å². The number of rotatable bonds is 8. The number of urea groups is 1. The minimum atomic E-state index is -4.08. The number of fused-ring (bicyclic) bond motifs is 1. The van der Waals surface area contributed by atoms with Crippen molar-refractivity contribution in [2.45, 2.75) is 38.4 Å². The smallest absolute Gasteiger partial charge is 0.340 e. The number of nitrogens with one attached hydrogen (secondary N) is 1. The third-order valence-corrected chi connectivity index (χ3v) is 7.71. The number of amides is 3. The van der Waals surface area contributed by atoms with E-state index >= 15 is 0 Å². The molecule has 5 rings (SSSR count). The fourth-order valence-corrected chi connectivity index (χ4v) is 5.58. The number of hydrogen-bond donors (Lipinski definition) is 1. The Kier molecular flexibility index (Phi) is 5.51. The summed E-state index contributed by atoms with van der Waals surface area (Å²) in [6, 6.07) is -0.607. The van der Waals surface area contributed by atoms with Gasteiger partial charge in [-0.15, -0.1) is 0 Å². The van der Waals surface area contributed by atoms with Crippen LogP contribution < -0.4 is 4.72 Å². The molecule has 1 aliphatic heterocycles. The fraction of sp³-hybridized carbons (Fsp3) is 0.429. The van der Waals surface area contributed by atoms with Crippen LogP contribution in [0.5, 0.6) is 0 Å². The zero-order valence-electron chi connectivity index (χ0n) is 19.0. The van der Waals surface area contributed by atoms with Gasteiger partial charge in [0.25, 0.3) is 0 Å². The molecule has 14 heteroatoms. The number of carbonyl (C=O) groups excluding carboxylic acids is 2. The first-order chi connectivity index (χ1) is 16.6. The van der Waals surface area contributed by atoms with Gasteiger partial charge in [0, 0.05) is 25.7 Å². The lowest BCUT2D eigenvalue weighted by Crippen LogP contribution is -2.54. The molecule has 1 N–H and O–H groups in total. The van der Waals surface area contributed by atoms with Crippen LogP contribution in [-0.2, 0) is 35.0 Å². The van der Waals surface area contributed by atoms with E-state index in [0.29, 0.717) is 24.3 Å². The molecule has 12 nitrogen and oxygen atoms in total. The third kappa shape index (κ3) is 4.34. The zero-order chi connectivity index (χ0) is 25.0. The van der Waals surface area contributed by atoms with Gasteiger partial charge < -0.3 is 4.52 Å². The Bertz CT molecular complexity index is 1420. The minimum absolute atomic E-state index is 0.0556. The van der Waals surface area contributed by atoms with Crippen LogP contribution in [0.2, 0.25) is 0 Å². The van der Waals surface area contributed by atoms with E-state index in [4.69, 9.17) is 4.52 Å². The first-order valence-corrected chi connectivity index (χ1v) is 12.4. The second-order valence-electron chi connectivity index (χ2n) is 8.87. The van der Waals surface area contributed by atoms with E-state index in [1.807, 2.05) is 0 Å². The number of carbonyl (C=O) groups is 2. The van der Waals surface area contributed by atoms with Gasteiger partial charge in [0.2, 0.25) is 21.7 Å². The predicted octanol–water partition coefficient (Wildman–Crippen LogP) is 0.719. The molecule has 35 heavy (non-hydrogen) atoms. The molecule has 2 aromatic rings. The van der Waals surface area contributed by atoms with Gasteiger partial charge in [-0.3, -0.25) is 4.68 Å². The number of aryl methyl sites for hydroxylation is 2. The summed E-state index contributed by atoms with van der Waals surface area (Å²) in [5.74, 6) is -1.10. The van der Waals surface area contributed by atoms with Gasteiger partial charge in [0.1, 0.15) is 24.8 Å². The summed E-state index contributed by atoms with van der Waals surface area (Å²) < 4.78 is 49.5. The summed E-state index contributed by atoms with van der Waals surface area (Å²) in [4.78, 5) is 31.8. The van der Waals surface area contributed by atoms with Crippen molar-refractivity contribution in [3.05, 3.63) is 52.8 Å². The molecule has 0 aromatic carbocycles. The highest BCUT2D eigenvalue weighted by molar-refractivity contribution is 7.93. The first kappa shape index (κ1) is 23.2. The monoisotopic (exact) mass is 504 g/mol. The van der Waals surface area contributed by atoms with Crippen LogP contribution in [0.25, 0.3) is 0 Å². The van der Waals surface area contributed by atoms with Crippen LogP contribution in [0.1, 0.15) is 30.1 Å². The third-order valence-electron chi connectivity index (χ3n) is 6.11. The summed E-state index contributed by atoms with van der Waals surface area (Å²) in [5, 5.41) is 7.90. The number of hydrogen-bond acceptors (Lipinski definition) is 8. The standard InChI is InChI=1S/C21H23FN7O5S/c1-13-24-18(25-34-13)11-28-17-4-3-15(35(32,33)26-21(12-22)5-6-21)7-16(17)19(30)29(20(28)31)10-14-8-23-27(2)9-14/h3-4,7-9,16,26H,5-6,10-12H2,1-2H3/q+1. The molecule has 184 valence electrons. The first-order valence-electron chi connectivity index (χ1n) is 10.9. The van der Waals surface area contributed by atoms with Crippen LogP contribution in [0.4, 0.5) is 9.18 Å². The van der Waals surface area contributed by atoms with Crippen LogP contribution in [0.3, 0.4) is 0 Å². The highest BCUT2D eigenvalue weighted by Crippen LogP contribution is 2.37. The van der Waals surface area contributed by atoms with Crippen LogP contribution >= 0.6 is 0 Å². The van der Waals surface area contributed by atoms with Gasteiger partial charge >= 0.3 is 11.9 Å². The molecule has 1 atom stereocenters. The average molecular weight is 505 g/mol. The summed E-state index contributed by atoms with van der Waals surface area (Å²) in [6.07, 6.45) is 8.03. The maximum absolute atomic E-state index is 13.4. The van der Waals surface area contributed by atoms with Crippen molar-refractivity contribution in [2.24, 2.45) is 13.0 Å². The van der Waals surface area contributed by atoms with Crippen molar-refractivity contribution >= 4 is 27.7 Å². The molecular formula is C21H23FN7O5S+. The number of allylic oxidation sites excluding steroid dienone is 2. The fourth-order valence-electron chi connectivity index (χ4n) is 4.07. The van der Waals surface area contributed by atoms with Crippen molar-refractivity contribution in [3.8, 4) is 0 Å². The second-order valence-corrected chi connectivity index (χ2v) is 10.6. The number of nitrogens with zero attached hydrogens (tertiary/aromatic N) is 6. The van der Waals surface area contributed by atoms with E-state index in [9.17, 15) is 22.4 Å². The van der Waals surface area contributed by atoms with E-state index in [1.54, 1.807) is 24.9 Å². The predicted molar refractivity (Wildman–Crippen MR) is 118 cm³/mol.